The number of ether oxygens (including phenoxy) is 2. The minimum Gasteiger partial charge on any atom is -0.459 e. The lowest BCUT2D eigenvalue weighted by molar-refractivity contribution is -0.384. The molecule has 2 amide bonds. The Morgan fingerprint density at radius 3 is 1.97 bits per heavy atom. The van der Waals surface area contributed by atoms with Gasteiger partial charge in [-0.2, -0.15) is 13.2 Å². The van der Waals surface area contributed by atoms with Crippen LogP contribution in [0.5, 0.6) is 0 Å². The number of nitro benzene ring substituents is 1. The molecule has 0 radical (unpaired) electrons. The van der Waals surface area contributed by atoms with Crippen LogP contribution in [0.25, 0.3) is 0 Å². The molecule has 0 aromatic heterocycles. The van der Waals surface area contributed by atoms with Gasteiger partial charge in [0.2, 0.25) is 0 Å². The maximum atomic E-state index is 13.5. The lowest BCUT2D eigenvalue weighted by Crippen LogP contribution is -2.38. The van der Waals surface area contributed by atoms with Crippen molar-refractivity contribution in [2.24, 2.45) is 0 Å². The first-order valence-corrected chi connectivity index (χ1v) is 9.75. The van der Waals surface area contributed by atoms with Crippen LogP contribution >= 0.6 is 0 Å². The van der Waals surface area contributed by atoms with Gasteiger partial charge < -0.3 is 14.8 Å². The molecule has 0 aliphatic carbocycles. The van der Waals surface area contributed by atoms with E-state index in [2.05, 4.69) is 9.47 Å². The van der Waals surface area contributed by atoms with Gasteiger partial charge in [-0.05, 0) is 19.9 Å². The van der Waals surface area contributed by atoms with E-state index in [1.807, 2.05) is 0 Å². The number of nitro groups is 1. The Hall–Kier alpha value is -3.76. The lowest BCUT2D eigenvalue weighted by atomic mass is 10.1. The fourth-order valence-electron chi connectivity index (χ4n) is 2.05. The molecule has 0 aliphatic heterocycles. The molecule has 0 unspecified atom stereocenters. The second kappa shape index (κ2) is 10.0. The topological polar surface area (TPSA) is 188 Å². The fourth-order valence-corrected chi connectivity index (χ4v) is 3.22. The molecule has 32 heavy (non-hydrogen) atoms. The van der Waals surface area contributed by atoms with E-state index in [4.69, 9.17) is 0 Å². The standard InChI is InChI=1S/C15H14F3N3O10S/c1-3-30-13(24)11(22)19-8-5-7(15(16,17)18)10(6-9(8)21(26)27)32(28,29)20-12(23)14(25)31-4-2/h5-6H,3-4H2,1-2H3,(H,19,22)(H,20,23). The molecule has 0 bridgehead atoms. The summed E-state index contributed by atoms with van der Waals surface area (Å²) in [6.45, 7) is 1.91. The van der Waals surface area contributed by atoms with E-state index in [1.54, 1.807) is 0 Å². The highest BCUT2D eigenvalue weighted by Gasteiger charge is 2.41. The van der Waals surface area contributed by atoms with Crippen LogP contribution in [0.15, 0.2) is 17.0 Å². The molecule has 1 aromatic rings. The van der Waals surface area contributed by atoms with E-state index in [-0.39, 0.29) is 25.3 Å². The number of nitrogens with zero attached hydrogens (tertiary/aromatic N) is 1. The number of esters is 2. The Balaban J connectivity index is 3.63. The van der Waals surface area contributed by atoms with E-state index >= 15 is 0 Å². The molecule has 0 atom stereocenters. The van der Waals surface area contributed by atoms with Crippen LogP contribution in [-0.4, -0.2) is 50.3 Å². The van der Waals surface area contributed by atoms with Gasteiger partial charge in [0, 0.05) is 6.07 Å². The third kappa shape index (κ3) is 6.37. The second-order valence-corrected chi connectivity index (χ2v) is 7.10. The summed E-state index contributed by atoms with van der Waals surface area (Å²) in [5.74, 6) is -6.94. The minimum absolute atomic E-state index is 0.107. The zero-order valence-corrected chi connectivity index (χ0v) is 17.0. The molecule has 1 rings (SSSR count). The summed E-state index contributed by atoms with van der Waals surface area (Å²) in [6, 6.07) is -0.233. The number of rotatable bonds is 6. The van der Waals surface area contributed by atoms with Crippen molar-refractivity contribution >= 4 is 45.2 Å². The molecule has 0 spiro atoms. The predicted molar refractivity (Wildman–Crippen MR) is 95.3 cm³/mol. The van der Waals surface area contributed by atoms with E-state index in [0.717, 1.165) is 4.72 Å². The zero-order chi connectivity index (χ0) is 24.9. The number of sulfonamides is 1. The average molecular weight is 485 g/mol. The highest BCUT2D eigenvalue weighted by Crippen LogP contribution is 2.40. The zero-order valence-electron chi connectivity index (χ0n) is 16.1. The number of amides is 2. The van der Waals surface area contributed by atoms with Crippen molar-refractivity contribution in [3.05, 3.63) is 27.8 Å². The molecule has 13 nitrogen and oxygen atoms in total. The van der Waals surface area contributed by atoms with Crippen molar-refractivity contribution < 1.29 is 55.2 Å². The van der Waals surface area contributed by atoms with Gasteiger partial charge in [-0.3, -0.25) is 19.7 Å². The molecular weight excluding hydrogens is 471 g/mol. The molecule has 0 heterocycles. The quantitative estimate of drug-likeness (QED) is 0.248. The Kier molecular flexibility index (Phi) is 8.24. The first-order valence-electron chi connectivity index (χ1n) is 8.27. The molecule has 0 fully saturated rings. The molecule has 2 N–H and O–H groups in total. The van der Waals surface area contributed by atoms with Gasteiger partial charge in [-0.25, -0.2) is 22.7 Å². The Bertz CT molecular complexity index is 1070. The van der Waals surface area contributed by atoms with Crippen LogP contribution < -0.4 is 10.0 Å². The smallest absolute Gasteiger partial charge is 0.417 e. The number of hydrogen-bond acceptors (Lipinski definition) is 10. The largest absolute Gasteiger partial charge is 0.459 e. The van der Waals surface area contributed by atoms with Crippen molar-refractivity contribution in [2.75, 3.05) is 18.5 Å². The van der Waals surface area contributed by atoms with Crippen LogP contribution in [0.1, 0.15) is 19.4 Å². The highest BCUT2D eigenvalue weighted by molar-refractivity contribution is 7.90. The van der Waals surface area contributed by atoms with E-state index in [1.165, 1.54) is 19.2 Å². The van der Waals surface area contributed by atoms with Crippen LogP contribution in [0, 0.1) is 10.1 Å². The van der Waals surface area contributed by atoms with Gasteiger partial charge in [-0.15, -0.1) is 0 Å². The Morgan fingerprint density at radius 2 is 1.53 bits per heavy atom. The summed E-state index contributed by atoms with van der Waals surface area (Å²) in [5, 5.41) is 12.8. The van der Waals surface area contributed by atoms with Gasteiger partial charge in [0.05, 0.1) is 23.7 Å². The van der Waals surface area contributed by atoms with Crippen LogP contribution in [0.2, 0.25) is 0 Å². The molecule has 176 valence electrons. The third-order valence-corrected chi connectivity index (χ3v) is 4.66. The number of anilines is 1. The maximum absolute atomic E-state index is 13.5. The lowest BCUT2D eigenvalue weighted by Gasteiger charge is -2.16. The molecular formula is C15H14F3N3O10S. The molecule has 17 heteroatoms. The summed E-state index contributed by atoms with van der Waals surface area (Å²) in [5.41, 5.74) is -4.61. The Morgan fingerprint density at radius 1 is 1.03 bits per heavy atom. The van der Waals surface area contributed by atoms with Crippen molar-refractivity contribution in [2.45, 2.75) is 24.9 Å². The molecule has 1 aromatic carbocycles. The highest BCUT2D eigenvalue weighted by atomic mass is 32.2. The average Bonchev–Trinajstić information content (AvgIpc) is 2.66. The van der Waals surface area contributed by atoms with Gasteiger partial charge in [0.15, 0.2) is 0 Å². The van der Waals surface area contributed by atoms with Crippen LogP contribution in [0.4, 0.5) is 24.5 Å². The Labute approximate surface area is 177 Å². The predicted octanol–water partition coefficient (Wildman–Crippen LogP) is 0.483. The van der Waals surface area contributed by atoms with Gasteiger partial charge in [-0.1, -0.05) is 0 Å². The molecule has 0 aliphatic rings. The van der Waals surface area contributed by atoms with E-state index < -0.39 is 66.7 Å². The first kappa shape index (κ1) is 26.3. The van der Waals surface area contributed by atoms with Gasteiger partial charge in [0.1, 0.15) is 10.6 Å². The monoisotopic (exact) mass is 485 g/mol. The van der Waals surface area contributed by atoms with Crippen molar-refractivity contribution in [1.82, 2.24) is 4.72 Å². The number of hydrogen-bond donors (Lipinski definition) is 2. The van der Waals surface area contributed by atoms with Gasteiger partial charge >= 0.3 is 29.9 Å². The van der Waals surface area contributed by atoms with Crippen molar-refractivity contribution in [3.63, 3.8) is 0 Å². The fraction of sp³-hybridized carbons (Fsp3) is 0.333. The number of benzene rings is 1. The molecule has 0 saturated heterocycles. The number of alkyl halides is 3. The summed E-state index contributed by atoms with van der Waals surface area (Å²) in [4.78, 5) is 54.0. The number of carbonyl (C=O) groups excluding carboxylic acids is 4. The minimum atomic E-state index is -5.49. The van der Waals surface area contributed by atoms with Crippen molar-refractivity contribution in [1.29, 1.82) is 0 Å². The van der Waals surface area contributed by atoms with Crippen LogP contribution in [0.3, 0.4) is 0 Å². The summed E-state index contributed by atoms with van der Waals surface area (Å²) >= 11 is 0. The SMILES string of the molecule is CCOC(=O)C(=O)Nc1cc(C(F)(F)F)c(S(=O)(=O)NC(=O)C(=O)OCC)cc1[N+](=O)[O-]. The maximum Gasteiger partial charge on any atom is 0.417 e. The number of nitrogens with one attached hydrogen (secondary N) is 2. The molecule has 0 saturated carbocycles. The normalized spacial score (nSPS) is 11.3. The van der Waals surface area contributed by atoms with Crippen LogP contribution in [-0.2, 0) is 44.9 Å². The number of halogens is 3. The van der Waals surface area contributed by atoms with E-state index in [9.17, 15) is 50.9 Å². The number of carbonyl (C=O) groups is 4. The summed E-state index contributed by atoms with van der Waals surface area (Å²) < 4.78 is 74.6. The first-order chi connectivity index (χ1) is 14.7. The van der Waals surface area contributed by atoms with Gasteiger partial charge in [0.25, 0.3) is 15.7 Å². The van der Waals surface area contributed by atoms with Crippen molar-refractivity contribution in [3.8, 4) is 0 Å². The summed E-state index contributed by atoms with van der Waals surface area (Å²) in [7, 11) is -5.49. The third-order valence-electron chi connectivity index (χ3n) is 3.29. The second-order valence-electron chi connectivity index (χ2n) is 5.45. The summed E-state index contributed by atoms with van der Waals surface area (Å²) in [6.07, 6.45) is -5.48. The van der Waals surface area contributed by atoms with E-state index in [0.29, 0.717) is 0 Å².